The van der Waals surface area contributed by atoms with Gasteiger partial charge in [-0.05, 0) is 6.04 Å². The van der Waals surface area contributed by atoms with Crippen LogP contribution in [0.1, 0.15) is 5.82 Å². The lowest BCUT2D eigenvalue weighted by molar-refractivity contribution is 0.0843. The van der Waals surface area contributed by atoms with Crippen molar-refractivity contribution in [3.8, 4) is 0 Å². The molecule has 1 heterocycles. The van der Waals surface area contributed by atoms with E-state index in [-0.39, 0.29) is 13.0 Å². The fraction of sp³-hybridized carbons (Fsp3) is 0.750. The van der Waals surface area contributed by atoms with E-state index < -0.39 is 20.2 Å². The summed E-state index contributed by atoms with van der Waals surface area (Å²) in [6.45, 7) is 7.57. The van der Waals surface area contributed by atoms with Crippen LogP contribution in [0.3, 0.4) is 0 Å². The average molecular weight is 316 g/mol. The molecule has 0 aliphatic rings. The quantitative estimate of drug-likeness (QED) is 0.458. The Kier molecular flexibility index (Phi) is 6.79. The molecule has 1 rings (SSSR count). The predicted octanol–water partition coefficient (Wildman–Crippen LogP) is 0.761. The molecular formula is C12H24N4O4Si. The van der Waals surface area contributed by atoms with Crippen LogP contribution < -0.4 is 5.32 Å². The lowest BCUT2D eigenvalue weighted by atomic mass is 10.2. The van der Waals surface area contributed by atoms with Crippen LogP contribution in [0, 0.1) is 0 Å². The van der Waals surface area contributed by atoms with Gasteiger partial charge in [-0.25, -0.2) is 4.79 Å². The van der Waals surface area contributed by atoms with Gasteiger partial charge in [0.2, 0.25) is 0 Å². The predicted molar refractivity (Wildman–Crippen MR) is 79.9 cm³/mol. The molecule has 9 heteroatoms. The first-order chi connectivity index (χ1) is 9.81. The number of aliphatic hydroxyl groups is 1. The van der Waals surface area contributed by atoms with Crippen molar-refractivity contribution in [3.05, 3.63) is 12.2 Å². The van der Waals surface area contributed by atoms with Gasteiger partial charge in [-0.2, -0.15) is 0 Å². The Morgan fingerprint density at radius 2 is 2.24 bits per heavy atom. The minimum atomic E-state index is -1.17. The Morgan fingerprint density at radius 1 is 1.52 bits per heavy atom. The molecule has 0 aliphatic heterocycles. The molecule has 0 radical (unpaired) electrons. The molecule has 1 atom stereocenters. The van der Waals surface area contributed by atoms with E-state index in [1.54, 1.807) is 10.9 Å². The largest absolute Gasteiger partial charge is 0.465 e. The van der Waals surface area contributed by atoms with Crippen LogP contribution in [0.25, 0.3) is 0 Å². The molecule has 1 amide bonds. The zero-order valence-electron chi connectivity index (χ0n) is 12.7. The van der Waals surface area contributed by atoms with Crippen LogP contribution in [0.5, 0.6) is 0 Å². The highest BCUT2D eigenvalue weighted by Crippen LogP contribution is 2.08. The zero-order chi connectivity index (χ0) is 15.9. The molecule has 0 aromatic carbocycles. The summed E-state index contributed by atoms with van der Waals surface area (Å²) in [5.41, 5.74) is 0. The average Bonchev–Trinajstić information content (AvgIpc) is 2.79. The smallest absolute Gasteiger partial charge is 0.404 e. The van der Waals surface area contributed by atoms with Crippen LogP contribution in [-0.2, 0) is 17.9 Å². The Labute approximate surface area is 125 Å². The molecule has 120 valence electrons. The third-order valence-electron chi connectivity index (χ3n) is 2.90. The first-order valence-corrected chi connectivity index (χ1v) is 10.6. The number of nitrogens with one attached hydrogen (secondary N) is 1. The molecule has 0 unspecified atom stereocenters. The minimum Gasteiger partial charge on any atom is -0.465 e. The van der Waals surface area contributed by atoms with Crippen molar-refractivity contribution in [3.63, 3.8) is 0 Å². The molecule has 0 fully saturated rings. The van der Waals surface area contributed by atoms with E-state index in [1.807, 2.05) is 0 Å². The van der Waals surface area contributed by atoms with Crippen molar-refractivity contribution in [2.45, 2.75) is 44.9 Å². The second-order valence-corrected chi connectivity index (χ2v) is 11.7. The molecule has 21 heavy (non-hydrogen) atoms. The van der Waals surface area contributed by atoms with Crippen LogP contribution in [0.4, 0.5) is 4.79 Å². The molecule has 0 saturated heterocycles. The number of carboxylic acid groups (broad SMARTS) is 1. The second-order valence-electron chi connectivity index (χ2n) is 6.10. The van der Waals surface area contributed by atoms with Crippen LogP contribution in [0.15, 0.2) is 6.33 Å². The van der Waals surface area contributed by atoms with E-state index in [0.717, 1.165) is 6.04 Å². The maximum atomic E-state index is 10.6. The standard InChI is InChI=1S/C12H24N4O4Si/c1-21(2,3)5-4-20-9-16-8-13-15-11(16)6-10(7-17)14-12(18)19/h8,10,14,17H,4-7,9H2,1-3H3,(H,18,19)/t10-/m0/s1. The molecule has 0 bridgehead atoms. The first kappa shape index (κ1) is 17.6. The molecule has 8 nitrogen and oxygen atoms in total. The highest BCUT2D eigenvalue weighted by atomic mass is 28.3. The second kappa shape index (κ2) is 8.10. The number of aromatic nitrogens is 3. The van der Waals surface area contributed by atoms with Crippen molar-refractivity contribution in [2.75, 3.05) is 13.2 Å². The van der Waals surface area contributed by atoms with Gasteiger partial charge in [0.25, 0.3) is 0 Å². The van der Waals surface area contributed by atoms with E-state index in [1.165, 1.54) is 0 Å². The number of carbonyl (C=O) groups is 1. The molecule has 0 saturated carbocycles. The normalized spacial score (nSPS) is 13.1. The maximum absolute atomic E-state index is 10.6. The van der Waals surface area contributed by atoms with Gasteiger partial charge in [0, 0.05) is 21.1 Å². The Balaban J connectivity index is 2.47. The van der Waals surface area contributed by atoms with Gasteiger partial charge in [-0.15, -0.1) is 10.2 Å². The van der Waals surface area contributed by atoms with Crippen molar-refractivity contribution in [1.29, 1.82) is 0 Å². The molecule has 1 aromatic rings. The van der Waals surface area contributed by atoms with E-state index in [9.17, 15) is 4.79 Å². The summed E-state index contributed by atoms with van der Waals surface area (Å²) in [5.74, 6) is 0.579. The number of rotatable bonds is 9. The first-order valence-electron chi connectivity index (χ1n) is 6.86. The molecule has 0 spiro atoms. The summed E-state index contributed by atoms with van der Waals surface area (Å²) in [6, 6.07) is 0.469. The Bertz CT molecular complexity index is 447. The van der Waals surface area contributed by atoms with Gasteiger partial charge in [0.1, 0.15) is 18.9 Å². The van der Waals surface area contributed by atoms with E-state index in [0.29, 0.717) is 19.2 Å². The fourth-order valence-electron chi connectivity index (χ4n) is 1.64. The summed E-state index contributed by atoms with van der Waals surface area (Å²) in [6.07, 6.45) is 0.630. The van der Waals surface area contributed by atoms with Crippen LogP contribution in [0.2, 0.25) is 25.7 Å². The Hall–Kier alpha value is -1.45. The van der Waals surface area contributed by atoms with Gasteiger partial charge in [0.15, 0.2) is 0 Å². The van der Waals surface area contributed by atoms with Gasteiger partial charge < -0.3 is 20.3 Å². The van der Waals surface area contributed by atoms with Gasteiger partial charge in [-0.3, -0.25) is 4.57 Å². The number of ether oxygens (including phenoxy) is 1. The third kappa shape index (κ3) is 7.21. The van der Waals surface area contributed by atoms with E-state index in [4.69, 9.17) is 14.9 Å². The molecule has 3 N–H and O–H groups in total. The van der Waals surface area contributed by atoms with Gasteiger partial charge in [0.05, 0.1) is 12.6 Å². The van der Waals surface area contributed by atoms with Crippen LogP contribution >= 0.6 is 0 Å². The summed E-state index contributed by atoms with van der Waals surface area (Å²) in [5, 5.41) is 27.8. The molecular weight excluding hydrogens is 292 g/mol. The number of aliphatic hydroxyl groups excluding tert-OH is 1. The lowest BCUT2D eigenvalue weighted by Gasteiger charge is -2.16. The Morgan fingerprint density at radius 3 is 2.81 bits per heavy atom. The summed E-state index contributed by atoms with van der Waals surface area (Å²) in [7, 11) is -1.12. The van der Waals surface area contributed by atoms with Crippen LogP contribution in [-0.4, -0.2) is 58.4 Å². The minimum absolute atomic E-state index is 0.264. The number of hydrogen-bond acceptors (Lipinski definition) is 5. The number of hydrogen-bond donors (Lipinski definition) is 3. The van der Waals surface area contributed by atoms with Gasteiger partial charge >= 0.3 is 6.09 Å². The molecule has 0 aliphatic carbocycles. The van der Waals surface area contributed by atoms with Crippen molar-refractivity contribution in [2.24, 2.45) is 0 Å². The maximum Gasteiger partial charge on any atom is 0.404 e. The summed E-state index contributed by atoms with van der Waals surface area (Å²) < 4.78 is 7.33. The summed E-state index contributed by atoms with van der Waals surface area (Å²) in [4.78, 5) is 10.6. The highest BCUT2D eigenvalue weighted by molar-refractivity contribution is 6.76. The van der Waals surface area contributed by atoms with E-state index in [2.05, 4.69) is 35.2 Å². The number of nitrogens with zero attached hydrogens (tertiary/aromatic N) is 3. The zero-order valence-corrected chi connectivity index (χ0v) is 13.7. The topological polar surface area (TPSA) is 110 Å². The lowest BCUT2D eigenvalue weighted by Crippen LogP contribution is -2.38. The van der Waals surface area contributed by atoms with Gasteiger partial charge in [-0.1, -0.05) is 19.6 Å². The van der Waals surface area contributed by atoms with E-state index >= 15 is 0 Å². The highest BCUT2D eigenvalue weighted by Gasteiger charge is 2.16. The number of amides is 1. The fourth-order valence-corrected chi connectivity index (χ4v) is 2.40. The van der Waals surface area contributed by atoms with Crippen molar-refractivity contribution < 1.29 is 19.7 Å². The third-order valence-corrected chi connectivity index (χ3v) is 4.60. The monoisotopic (exact) mass is 316 g/mol. The SMILES string of the molecule is C[Si](C)(C)CCOCn1cnnc1C[C@@H](CO)NC(=O)O. The molecule has 1 aromatic heterocycles. The summed E-state index contributed by atoms with van der Waals surface area (Å²) >= 11 is 0. The van der Waals surface area contributed by atoms with Crippen molar-refractivity contribution >= 4 is 14.2 Å². The van der Waals surface area contributed by atoms with Crippen molar-refractivity contribution in [1.82, 2.24) is 20.1 Å².